The Hall–Kier alpha value is -3.44. The highest BCUT2D eigenvalue weighted by atomic mass is 32.2. The summed E-state index contributed by atoms with van der Waals surface area (Å²) in [6, 6.07) is 9.77. The van der Waals surface area contributed by atoms with Crippen LogP contribution < -0.4 is 15.2 Å². The minimum absolute atomic E-state index is 0.0660. The highest BCUT2D eigenvalue weighted by molar-refractivity contribution is 7.89. The molecule has 10 nitrogen and oxygen atoms in total. The Balaban J connectivity index is 2.01. The van der Waals surface area contributed by atoms with E-state index in [0.717, 1.165) is 6.07 Å². The second-order valence-corrected chi connectivity index (χ2v) is 8.15. The van der Waals surface area contributed by atoms with Gasteiger partial charge >= 0.3 is 5.97 Å². The van der Waals surface area contributed by atoms with Crippen molar-refractivity contribution in [1.82, 2.24) is 4.90 Å². The van der Waals surface area contributed by atoms with Gasteiger partial charge in [0.25, 0.3) is 11.8 Å². The molecule has 0 aromatic heterocycles. The van der Waals surface area contributed by atoms with Crippen molar-refractivity contribution in [2.24, 2.45) is 5.14 Å². The third-order valence-electron chi connectivity index (χ3n) is 4.52. The topological polar surface area (TPSA) is 145 Å². The van der Waals surface area contributed by atoms with E-state index in [4.69, 9.17) is 14.6 Å². The molecule has 0 aliphatic carbocycles. The number of hydrogen-bond acceptors (Lipinski definition) is 7. The predicted molar refractivity (Wildman–Crippen MR) is 117 cm³/mol. The van der Waals surface area contributed by atoms with Gasteiger partial charge in [0, 0.05) is 24.3 Å². The molecule has 0 fully saturated rings. The van der Waals surface area contributed by atoms with Gasteiger partial charge in [0.15, 0.2) is 6.61 Å². The van der Waals surface area contributed by atoms with E-state index in [-0.39, 0.29) is 22.1 Å². The Kier molecular flexibility index (Phi) is 8.33. The molecule has 0 unspecified atom stereocenters. The number of methoxy groups -OCH3 is 1. The highest BCUT2D eigenvalue weighted by Gasteiger charge is 2.19. The maximum absolute atomic E-state index is 12.3. The molecule has 2 aromatic rings. The number of benzene rings is 2. The number of primary sulfonamides is 1. The number of nitrogens with one attached hydrogen (secondary N) is 1. The number of amides is 2. The number of hydrogen-bond donors (Lipinski definition) is 2. The smallest absolute Gasteiger partial charge is 0.342 e. The molecule has 3 N–H and O–H groups in total. The normalized spacial score (nSPS) is 10.9. The molecule has 0 aliphatic heterocycles. The predicted octanol–water partition coefficient (Wildman–Crippen LogP) is 1.62. The minimum atomic E-state index is -4.04. The molecule has 172 valence electrons. The molecule has 0 spiro atoms. The number of nitrogens with zero attached hydrogens (tertiary/aromatic N) is 1. The van der Waals surface area contributed by atoms with Crippen LogP contribution in [-0.2, 0) is 19.6 Å². The number of carbonyl (C=O) groups excluding carboxylic acids is 3. The van der Waals surface area contributed by atoms with E-state index in [2.05, 4.69) is 5.32 Å². The average molecular weight is 464 g/mol. The number of ether oxygens (including phenoxy) is 2. The molecule has 2 aromatic carbocycles. The lowest BCUT2D eigenvalue weighted by atomic mass is 10.1. The minimum Gasteiger partial charge on any atom is -0.496 e. The SMILES string of the molecule is CCN(CC)C(=O)c1ccc(NC(=O)COC(=O)c2cc(S(N)(=O)=O)ccc2OC)cc1. The Morgan fingerprint density at radius 2 is 1.66 bits per heavy atom. The third-order valence-corrected chi connectivity index (χ3v) is 5.43. The molecule has 0 radical (unpaired) electrons. The van der Waals surface area contributed by atoms with Gasteiger partial charge in [-0.25, -0.2) is 18.4 Å². The van der Waals surface area contributed by atoms with Gasteiger partial charge in [0.05, 0.1) is 12.0 Å². The van der Waals surface area contributed by atoms with Gasteiger partial charge in [-0.15, -0.1) is 0 Å². The van der Waals surface area contributed by atoms with Crippen LogP contribution in [0.5, 0.6) is 5.75 Å². The summed E-state index contributed by atoms with van der Waals surface area (Å²) in [5, 5.41) is 7.63. The zero-order valence-electron chi connectivity index (χ0n) is 18.0. The number of nitrogens with two attached hydrogens (primary N) is 1. The van der Waals surface area contributed by atoms with Crippen LogP contribution in [0.2, 0.25) is 0 Å². The van der Waals surface area contributed by atoms with Crippen LogP contribution in [0.3, 0.4) is 0 Å². The van der Waals surface area contributed by atoms with Crippen LogP contribution in [0.15, 0.2) is 47.4 Å². The number of anilines is 1. The number of rotatable bonds is 9. The van der Waals surface area contributed by atoms with E-state index >= 15 is 0 Å². The largest absolute Gasteiger partial charge is 0.496 e. The first-order chi connectivity index (χ1) is 15.1. The maximum atomic E-state index is 12.3. The van der Waals surface area contributed by atoms with E-state index in [1.807, 2.05) is 13.8 Å². The summed E-state index contributed by atoms with van der Waals surface area (Å²) in [6.07, 6.45) is 0. The summed E-state index contributed by atoms with van der Waals surface area (Å²) >= 11 is 0. The second-order valence-electron chi connectivity index (χ2n) is 6.59. The van der Waals surface area contributed by atoms with Gasteiger partial charge < -0.3 is 19.7 Å². The maximum Gasteiger partial charge on any atom is 0.342 e. The number of esters is 1. The quantitative estimate of drug-likeness (QED) is 0.538. The number of sulfonamides is 1. The van der Waals surface area contributed by atoms with Gasteiger partial charge in [0.1, 0.15) is 11.3 Å². The second kappa shape index (κ2) is 10.7. The van der Waals surface area contributed by atoms with E-state index in [0.29, 0.717) is 24.3 Å². The van der Waals surface area contributed by atoms with E-state index in [9.17, 15) is 22.8 Å². The van der Waals surface area contributed by atoms with Crippen molar-refractivity contribution in [3.05, 3.63) is 53.6 Å². The molecule has 0 saturated carbocycles. The molecule has 0 heterocycles. The Morgan fingerprint density at radius 1 is 1.03 bits per heavy atom. The molecule has 0 aliphatic rings. The molecule has 2 amide bonds. The van der Waals surface area contributed by atoms with Crippen molar-refractivity contribution >= 4 is 33.5 Å². The standard InChI is InChI=1S/C21H25N3O7S/c1-4-24(5-2)20(26)14-6-8-15(9-7-14)23-19(25)13-31-21(27)17-12-16(32(22,28)29)10-11-18(17)30-3/h6-12H,4-5,13H2,1-3H3,(H,23,25)(H2,22,28,29). The fraction of sp³-hybridized carbons (Fsp3) is 0.286. The lowest BCUT2D eigenvalue weighted by Gasteiger charge is -2.18. The first-order valence-electron chi connectivity index (χ1n) is 9.67. The summed E-state index contributed by atoms with van der Waals surface area (Å²) in [5.74, 6) is -1.63. The molecule has 32 heavy (non-hydrogen) atoms. The summed E-state index contributed by atoms with van der Waals surface area (Å²) in [7, 11) is -2.75. The Labute approximate surface area is 186 Å². The molecule has 11 heteroatoms. The van der Waals surface area contributed by atoms with Crippen molar-refractivity contribution in [3.8, 4) is 5.75 Å². The average Bonchev–Trinajstić information content (AvgIpc) is 2.77. The Bertz CT molecular complexity index is 1090. The summed E-state index contributed by atoms with van der Waals surface area (Å²) in [5.41, 5.74) is 0.710. The number of carbonyl (C=O) groups is 3. The van der Waals surface area contributed by atoms with Crippen molar-refractivity contribution in [2.75, 3.05) is 32.1 Å². The third kappa shape index (κ3) is 6.28. The van der Waals surface area contributed by atoms with E-state index in [1.165, 1.54) is 19.2 Å². The molecule has 0 bridgehead atoms. The van der Waals surface area contributed by atoms with Gasteiger partial charge in [-0.2, -0.15) is 0 Å². The van der Waals surface area contributed by atoms with Gasteiger partial charge in [0.2, 0.25) is 10.0 Å². The van der Waals surface area contributed by atoms with Gasteiger partial charge in [-0.1, -0.05) is 0 Å². The fourth-order valence-corrected chi connectivity index (χ4v) is 3.36. The van der Waals surface area contributed by atoms with Crippen LogP contribution in [0.4, 0.5) is 5.69 Å². The first kappa shape index (κ1) is 24.8. The van der Waals surface area contributed by atoms with Gasteiger partial charge in [-0.05, 0) is 56.3 Å². The van der Waals surface area contributed by atoms with Crippen LogP contribution in [0.1, 0.15) is 34.6 Å². The first-order valence-corrected chi connectivity index (χ1v) is 11.2. The molecule has 2 rings (SSSR count). The van der Waals surface area contributed by atoms with Crippen molar-refractivity contribution < 1.29 is 32.3 Å². The van der Waals surface area contributed by atoms with Gasteiger partial charge in [-0.3, -0.25) is 9.59 Å². The Morgan fingerprint density at radius 3 is 2.19 bits per heavy atom. The molecule has 0 saturated heterocycles. The fourth-order valence-electron chi connectivity index (χ4n) is 2.82. The zero-order valence-corrected chi connectivity index (χ0v) is 18.8. The summed E-state index contributed by atoms with van der Waals surface area (Å²) in [4.78, 5) is 38.2. The lowest BCUT2D eigenvalue weighted by molar-refractivity contribution is -0.119. The van der Waals surface area contributed by atoms with Crippen molar-refractivity contribution in [1.29, 1.82) is 0 Å². The molecule has 0 atom stereocenters. The van der Waals surface area contributed by atoms with Crippen molar-refractivity contribution in [2.45, 2.75) is 18.7 Å². The zero-order chi connectivity index (χ0) is 23.9. The molecular weight excluding hydrogens is 438 g/mol. The monoisotopic (exact) mass is 463 g/mol. The van der Waals surface area contributed by atoms with Crippen LogP contribution >= 0.6 is 0 Å². The van der Waals surface area contributed by atoms with E-state index < -0.39 is 28.5 Å². The van der Waals surface area contributed by atoms with Crippen LogP contribution in [0, 0.1) is 0 Å². The van der Waals surface area contributed by atoms with Crippen molar-refractivity contribution in [3.63, 3.8) is 0 Å². The van der Waals surface area contributed by atoms with Crippen LogP contribution in [0.25, 0.3) is 0 Å². The summed E-state index contributed by atoms with van der Waals surface area (Å²) < 4.78 is 33.0. The van der Waals surface area contributed by atoms with E-state index in [1.54, 1.807) is 29.2 Å². The highest BCUT2D eigenvalue weighted by Crippen LogP contribution is 2.23. The summed E-state index contributed by atoms with van der Waals surface area (Å²) in [6.45, 7) is 4.33. The van der Waals surface area contributed by atoms with Crippen LogP contribution in [-0.4, -0.2) is 57.9 Å². The lowest BCUT2D eigenvalue weighted by Crippen LogP contribution is -2.30. The molecular formula is C21H25N3O7S.